The maximum absolute atomic E-state index is 12.9. The van der Waals surface area contributed by atoms with Gasteiger partial charge in [0.15, 0.2) is 0 Å². The van der Waals surface area contributed by atoms with Crippen LogP contribution in [0.15, 0.2) is 23.6 Å². The van der Waals surface area contributed by atoms with Crippen molar-refractivity contribution in [2.45, 2.75) is 19.5 Å². The first-order valence-corrected chi connectivity index (χ1v) is 7.24. The van der Waals surface area contributed by atoms with Crippen molar-refractivity contribution in [3.63, 3.8) is 0 Å². The first kappa shape index (κ1) is 15.1. The summed E-state index contributed by atoms with van der Waals surface area (Å²) in [5.41, 5.74) is -0.496. The highest BCUT2D eigenvalue weighted by Crippen LogP contribution is 2.37. The van der Waals surface area contributed by atoms with Crippen molar-refractivity contribution in [1.82, 2.24) is 4.98 Å². The molecule has 20 heavy (non-hydrogen) atoms. The van der Waals surface area contributed by atoms with E-state index in [9.17, 15) is 13.2 Å². The Kier molecular flexibility index (Phi) is 4.55. The average molecular weight is 321 g/mol. The van der Waals surface area contributed by atoms with Crippen molar-refractivity contribution in [2.24, 2.45) is 0 Å². The third-order valence-corrected chi connectivity index (χ3v) is 3.92. The van der Waals surface area contributed by atoms with Gasteiger partial charge < -0.3 is 5.32 Å². The molecule has 0 amide bonds. The molecule has 0 atom stereocenters. The van der Waals surface area contributed by atoms with Crippen LogP contribution in [0.2, 0.25) is 5.02 Å². The van der Waals surface area contributed by atoms with Crippen LogP contribution in [0.25, 0.3) is 10.6 Å². The minimum atomic E-state index is -4.41. The van der Waals surface area contributed by atoms with E-state index in [1.54, 1.807) is 11.4 Å². The lowest BCUT2D eigenvalue weighted by atomic mass is 10.2. The molecule has 0 aliphatic heterocycles. The fourth-order valence-corrected chi connectivity index (χ4v) is 2.74. The van der Waals surface area contributed by atoms with Crippen LogP contribution in [0.3, 0.4) is 0 Å². The number of nitrogens with one attached hydrogen (secondary N) is 1. The van der Waals surface area contributed by atoms with Crippen LogP contribution in [-0.4, -0.2) is 11.5 Å². The summed E-state index contributed by atoms with van der Waals surface area (Å²) >= 11 is 7.23. The minimum Gasteiger partial charge on any atom is -0.370 e. The second-order valence-electron chi connectivity index (χ2n) is 4.15. The SMILES string of the molecule is CCCNc1cc(C(F)(F)F)cc(-c2sccc2Cl)n1. The summed E-state index contributed by atoms with van der Waals surface area (Å²) in [4.78, 5) is 4.74. The van der Waals surface area contributed by atoms with Gasteiger partial charge in [-0.2, -0.15) is 13.2 Å². The highest BCUT2D eigenvalue weighted by molar-refractivity contribution is 7.14. The standard InChI is InChI=1S/C13H12ClF3N2S/c1-2-4-18-11-7-8(13(15,16)17)6-10(19-11)12-9(14)3-5-20-12/h3,5-7H,2,4H2,1H3,(H,18,19). The Morgan fingerprint density at radius 2 is 2.10 bits per heavy atom. The van der Waals surface area contributed by atoms with E-state index < -0.39 is 11.7 Å². The van der Waals surface area contributed by atoms with Gasteiger partial charge in [0.1, 0.15) is 5.82 Å². The van der Waals surface area contributed by atoms with Gasteiger partial charge in [-0.3, -0.25) is 0 Å². The lowest BCUT2D eigenvalue weighted by molar-refractivity contribution is -0.137. The molecule has 2 aromatic heterocycles. The maximum Gasteiger partial charge on any atom is 0.416 e. The van der Waals surface area contributed by atoms with Crippen molar-refractivity contribution in [2.75, 3.05) is 11.9 Å². The van der Waals surface area contributed by atoms with Gasteiger partial charge in [0.2, 0.25) is 0 Å². The van der Waals surface area contributed by atoms with Gasteiger partial charge in [-0.25, -0.2) is 4.98 Å². The number of hydrogen-bond donors (Lipinski definition) is 1. The number of anilines is 1. The molecule has 0 saturated carbocycles. The maximum atomic E-state index is 12.9. The molecule has 0 spiro atoms. The largest absolute Gasteiger partial charge is 0.416 e. The molecule has 2 aromatic rings. The van der Waals surface area contributed by atoms with Crippen LogP contribution < -0.4 is 5.32 Å². The second kappa shape index (κ2) is 6.01. The van der Waals surface area contributed by atoms with Gasteiger partial charge >= 0.3 is 6.18 Å². The highest BCUT2D eigenvalue weighted by atomic mass is 35.5. The van der Waals surface area contributed by atoms with Crippen molar-refractivity contribution in [3.05, 3.63) is 34.2 Å². The Balaban J connectivity index is 2.48. The summed E-state index contributed by atoms with van der Waals surface area (Å²) < 4.78 is 38.8. The number of halogens is 4. The summed E-state index contributed by atoms with van der Waals surface area (Å²) in [6, 6.07) is 3.68. The Bertz CT molecular complexity index is 596. The number of alkyl halides is 3. The molecule has 0 aliphatic carbocycles. The van der Waals surface area contributed by atoms with Crippen LogP contribution >= 0.6 is 22.9 Å². The zero-order valence-electron chi connectivity index (χ0n) is 10.6. The smallest absolute Gasteiger partial charge is 0.370 e. The summed E-state index contributed by atoms with van der Waals surface area (Å²) in [5.74, 6) is 0.209. The highest BCUT2D eigenvalue weighted by Gasteiger charge is 2.32. The number of aromatic nitrogens is 1. The Labute approximate surface area is 123 Å². The first-order valence-electron chi connectivity index (χ1n) is 5.98. The van der Waals surface area contributed by atoms with Crippen LogP contribution in [-0.2, 0) is 6.18 Å². The first-order chi connectivity index (χ1) is 9.41. The van der Waals surface area contributed by atoms with Crippen LogP contribution in [0.1, 0.15) is 18.9 Å². The summed E-state index contributed by atoms with van der Waals surface area (Å²) in [6.45, 7) is 2.49. The minimum absolute atomic E-state index is 0.209. The number of rotatable bonds is 4. The van der Waals surface area contributed by atoms with E-state index >= 15 is 0 Å². The number of hydrogen-bond acceptors (Lipinski definition) is 3. The van der Waals surface area contributed by atoms with Gasteiger partial charge in [-0.15, -0.1) is 11.3 Å². The molecular weight excluding hydrogens is 309 g/mol. The van der Waals surface area contributed by atoms with E-state index in [2.05, 4.69) is 10.3 Å². The molecule has 2 heterocycles. The molecule has 0 radical (unpaired) electrons. The van der Waals surface area contributed by atoms with Crippen LogP contribution in [0, 0.1) is 0 Å². The van der Waals surface area contributed by atoms with E-state index in [1.807, 2.05) is 6.92 Å². The van der Waals surface area contributed by atoms with Crippen molar-refractivity contribution in [1.29, 1.82) is 0 Å². The molecule has 0 aromatic carbocycles. The number of nitrogens with zero attached hydrogens (tertiary/aromatic N) is 1. The molecular formula is C13H12ClF3N2S. The van der Waals surface area contributed by atoms with Crippen molar-refractivity contribution in [3.8, 4) is 10.6 Å². The quantitative estimate of drug-likeness (QED) is 0.826. The Hall–Kier alpha value is -1.27. The molecule has 2 rings (SSSR count). The van der Waals surface area contributed by atoms with Crippen molar-refractivity contribution >= 4 is 28.8 Å². The predicted octanol–water partition coefficient (Wildman–Crippen LogP) is 5.30. The van der Waals surface area contributed by atoms with Crippen molar-refractivity contribution < 1.29 is 13.2 Å². The average Bonchev–Trinajstić information content (AvgIpc) is 2.81. The third-order valence-electron chi connectivity index (χ3n) is 2.56. The summed E-state index contributed by atoms with van der Waals surface area (Å²) in [6.07, 6.45) is -3.61. The second-order valence-corrected chi connectivity index (χ2v) is 5.47. The van der Waals surface area contributed by atoms with E-state index in [4.69, 9.17) is 11.6 Å². The van der Waals surface area contributed by atoms with E-state index in [0.29, 0.717) is 16.4 Å². The molecule has 0 aliphatic rings. The lowest BCUT2D eigenvalue weighted by Gasteiger charge is -2.12. The zero-order chi connectivity index (χ0) is 14.8. The van der Waals surface area contributed by atoms with E-state index in [-0.39, 0.29) is 11.5 Å². The van der Waals surface area contributed by atoms with Gasteiger partial charge in [-0.05, 0) is 30.0 Å². The van der Waals surface area contributed by atoms with Gasteiger partial charge in [-0.1, -0.05) is 18.5 Å². The Morgan fingerprint density at radius 3 is 2.65 bits per heavy atom. The van der Waals surface area contributed by atoms with Gasteiger partial charge in [0.25, 0.3) is 0 Å². The molecule has 108 valence electrons. The zero-order valence-corrected chi connectivity index (χ0v) is 12.2. The molecule has 1 N–H and O–H groups in total. The molecule has 0 unspecified atom stereocenters. The summed E-state index contributed by atoms with van der Waals surface area (Å²) in [5, 5.41) is 5.01. The van der Waals surface area contributed by atoms with Crippen LogP contribution in [0.4, 0.5) is 19.0 Å². The van der Waals surface area contributed by atoms with Gasteiger partial charge in [0, 0.05) is 6.54 Å². The number of thiophene rings is 1. The molecule has 0 bridgehead atoms. The fraction of sp³-hybridized carbons (Fsp3) is 0.308. The lowest BCUT2D eigenvalue weighted by Crippen LogP contribution is -2.09. The summed E-state index contributed by atoms with van der Waals surface area (Å²) in [7, 11) is 0. The molecule has 0 fully saturated rings. The van der Waals surface area contributed by atoms with E-state index in [1.165, 1.54) is 11.3 Å². The normalized spacial score (nSPS) is 11.7. The third kappa shape index (κ3) is 3.43. The van der Waals surface area contributed by atoms with E-state index in [0.717, 1.165) is 18.6 Å². The topological polar surface area (TPSA) is 24.9 Å². The fourth-order valence-electron chi connectivity index (χ4n) is 1.63. The molecule has 2 nitrogen and oxygen atoms in total. The Morgan fingerprint density at radius 1 is 1.35 bits per heavy atom. The monoisotopic (exact) mass is 320 g/mol. The molecule has 0 saturated heterocycles. The molecule has 7 heteroatoms. The van der Waals surface area contributed by atoms with Crippen LogP contribution in [0.5, 0.6) is 0 Å². The van der Waals surface area contributed by atoms with Gasteiger partial charge in [0.05, 0.1) is 21.2 Å². The predicted molar refractivity (Wildman–Crippen MR) is 76.3 cm³/mol. The number of pyridine rings is 1.